The van der Waals surface area contributed by atoms with Crippen LogP contribution in [0.5, 0.6) is 0 Å². The molecule has 0 aliphatic rings. The molecule has 0 aromatic heterocycles. The third-order valence-electron chi connectivity index (χ3n) is 7.05. The van der Waals surface area contributed by atoms with Gasteiger partial charge in [-0.3, -0.25) is 0 Å². The van der Waals surface area contributed by atoms with Gasteiger partial charge in [0.15, 0.2) is 0 Å². The Kier molecular flexibility index (Phi) is 11.5. The zero-order valence-corrected chi connectivity index (χ0v) is 26.7. The number of hydrogen-bond donors (Lipinski definition) is 0. The lowest BCUT2D eigenvalue weighted by Gasteiger charge is -2.26. The standard InChI is InChI=1S/C36H28P2.C4H10O/c1-5-17-29(18-6-1)37(30-19-7-2-8-20-30)35-27-15-13-25-33(35)34-26-14-16-28-36(34)38(31-21-9-3-10-22-31)32-23-11-4-12-24-32;1-3-5-4-2/h1-28H;3-4H2,1-2H3. The minimum absolute atomic E-state index is 0.723. The molecule has 43 heavy (non-hydrogen) atoms. The Morgan fingerprint density at radius 1 is 0.349 bits per heavy atom. The van der Waals surface area contributed by atoms with E-state index in [-0.39, 0.29) is 0 Å². The van der Waals surface area contributed by atoms with E-state index in [1.807, 2.05) is 13.8 Å². The molecule has 0 aliphatic carbocycles. The molecule has 0 saturated carbocycles. The maximum absolute atomic E-state index is 4.83. The molecule has 0 atom stereocenters. The van der Waals surface area contributed by atoms with Crippen LogP contribution in [0.15, 0.2) is 170 Å². The number of benzene rings is 6. The van der Waals surface area contributed by atoms with Crippen LogP contribution in [0.2, 0.25) is 0 Å². The van der Waals surface area contributed by atoms with Gasteiger partial charge in [0.25, 0.3) is 0 Å². The monoisotopic (exact) mass is 596 g/mol. The highest BCUT2D eigenvalue weighted by atomic mass is 31.1. The first-order chi connectivity index (χ1) is 21.3. The highest BCUT2D eigenvalue weighted by Crippen LogP contribution is 2.40. The second-order valence-corrected chi connectivity index (χ2v) is 14.2. The van der Waals surface area contributed by atoms with Crippen LogP contribution < -0.4 is 31.8 Å². The SMILES string of the molecule is CCOCC.c1ccc(P(c2ccccc2)c2ccccc2-c2ccccc2P(c2ccccc2)c2ccccc2)cc1. The zero-order chi connectivity index (χ0) is 29.7. The van der Waals surface area contributed by atoms with E-state index in [2.05, 4.69) is 170 Å². The summed E-state index contributed by atoms with van der Waals surface area (Å²) >= 11 is 0. The van der Waals surface area contributed by atoms with E-state index < -0.39 is 15.8 Å². The Morgan fingerprint density at radius 2 is 0.605 bits per heavy atom. The summed E-state index contributed by atoms with van der Waals surface area (Å²) < 4.78 is 4.83. The molecule has 0 amide bonds. The largest absolute Gasteiger partial charge is 0.382 e. The van der Waals surface area contributed by atoms with Crippen molar-refractivity contribution in [1.29, 1.82) is 0 Å². The molecule has 214 valence electrons. The van der Waals surface area contributed by atoms with Gasteiger partial charge in [-0.15, -0.1) is 0 Å². The topological polar surface area (TPSA) is 9.23 Å². The average molecular weight is 597 g/mol. The van der Waals surface area contributed by atoms with E-state index in [9.17, 15) is 0 Å². The molecule has 0 spiro atoms. The zero-order valence-electron chi connectivity index (χ0n) is 24.9. The molecule has 0 N–H and O–H groups in total. The minimum atomic E-state index is -0.723. The third kappa shape index (κ3) is 7.76. The smallest absolute Gasteiger partial charge is 0.0437 e. The van der Waals surface area contributed by atoms with Crippen molar-refractivity contribution < 1.29 is 4.74 Å². The van der Waals surface area contributed by atoms with Crippen molar-refractivity contribution in [2.75, 3.05) is 13.2 Å². The summed E-state index contributed by atoms with van der Waals surface area (Å²) in [5.74, 6) is 0. The Morgan fingerprint density at radius 3 is 0.860 bits per heavy atom. The van der Waals surface area contributed by atoms with E-state index in [0.717, 1.165) is 13.2 Å². The molecule has 1 nitrogen and oxygen atoms in total. The highest BCUT2D eigenvalue weighted by Gasteiger charge is 2.24. The fourth-order valence-electron chi connectivity index (χ4n) is 5.16. The third-order valence-corrected chi connectivity index (χ3v) is 12.0. The molecule has 0 radical (unpaired) electrons. The Bertz CT molecular complexity index is 1450. The fourth-order valence-corrected chi connectivity index (χ4v) is 10.1. The van der Waals surface area contributed by atoms with Gasteiger partial charge in [0.05, 0.1) is 0 Å². The van der Waals surface area contributed by atoms with Crippen molar-refractivity contribution in [3.8, 4) is 11.1 Å². The molecule has 6 aromatic rings. The normalized spacial score (nSPS) is 10.8. The van der Waals surface area contributed by atoms with Crippen LogP contribution in [-0.4, -0.2) is 13.2 Å². The van der Waals surface area contributed by atoms with Crippen LogP contribution in [0.4, 0.5) is 0 Å². The van der Waals surface area contributed by atoms with Gasteiger partial charge in [-0.05, 0) is 72.6 Å². The molecule has 0 aliphatic heterocycles. The van der Waals surface area contributed by atoms with Crippen LogP contribution in [0.3, 0.4) is 0 Å². The second-order valence-electron chi connectivity index (χ2n) is 9.83. The van der Waals surface area contributed by atoms with E-state index in [0.29, 0.717) is 0 Å². The Labute approximate surface area is 259 Å². The van der Waals surface area contributed by atoms with E-state index in [1.54, 1.807) is 0 Å². The van der Waals surface area contributed by atoms with E-state index >= 15 is 0 Å². The van der Waals surface area contributed by atoms with Crippen molar-refractivity contribution in [3.63, 3.8) is 0 Å². The molecule has 6 aromatic carbocycles. The summed E-state index contributed by atoms with van der Waals surface area (Å²) in [6.07, 6.45) is 0. The molecular weight excluding hydrogens is 558 g/mol. The number of rotatable bonds is 9. The second kappa shape index (κ2) is 16.1. The maximum Gasteiger partial charge on any atom is 0.0437 e. The molecule has 0 saturated heterocycles. The highest BCUT2D eigenvalue weighted by molar-refractivity contribution is 7.80. The first kappa shape index (κ1) is 30.6. The van der Waals surface area contributed by atoms with Crippen molar-refractivity contribution in [2.24, 2.45) is 0 Å². The molecule has 6 rings (SSSR count). The molecular formula is C40H38OP2. The van der Waals surface area contributed by atoms with Gasteiger partial charge in [0.2, 0.25) is 0 Å². The van der Waals surface area contributed by atoms with Gasteiger partial charge in [-0.1, -0.05) is 170 Å². The first-order valence-electron chi connectivity index (χ1n) is 14.9. The van der Waals surface area contributed by atoms with Gasteiger partial charge < -0.3 is 4.74 Å². The van der Waals surface area contributed by atoms with Crippen molar-refractivity contribution >= 4 is 47.7 Å². The van der Waals surface area contributed by atoms with Crippen molar-refractivity contribution in [1.82, 2.24) is 0 Å². The van der Waals surface area contributed by atoms with Gasteiger partial charge >= 0.3 is 0 Å². The van der Waals surface area contributed by atoms with E-state index in [1.165, 1.54) is 43.0 Å². The fraction of sp³-hybridized carbons (Fsp3) is 0.100. The van der Waals surface area contributed by atoms with Gasteiger partial charge in [-0.2, -0.15) is 0 Å². The van der Waals surface area contributed by atoms with Crippen LogP contribution >= 0.6 is 15.8 Å². The quantitative estimate of drug-likeness (QED) is 0.154. The number of hydrogen-bond acceptors (Lipinski definition) is 1. The van der Waals surface area contributed by atoms with Gasteiger partial charge in [0.1, 0.15) is 0 Å². The molecule has 0 bridgehead atoms. The lowest BCUT2D eigenvalue weighted by molar-refractivity contribution is 0.162. The molecule has 0 unspecified atom stereocenters. The summed E-state index contributed by atoms with van der Waals surface area (Å²) in [7, 11) is -1.45. The molecule has 0 heterocycles. The van der Waals surface area contributed by atoms with Gasteiger partial charge in [-0.25, -0.2) is 0 Å². The maximum atomic E-state index is 4.83. The van der Waals surface area contributed by atoms with Crippen LogP contribution in [0.1, 0.15) is 13.8 Å². The summed E-state index contributed by atoms with van der Waals surface area (Å²) in [4.78, 5) is 0. The predicted octanol–water partition coefficient (Wildman–Crippen LogP) is 7.91. The van der Waals surface area contributed by atoms with E-state index in [4.69, 9.17) is 4.74 Å². The summed E-state index contributed by atoms with van der Waals surface area (Å²) in [6.45, 7) is 5.67. The Hall–Kier alpha value is -3.86. The lowest BCUT2D eigenvalue weighted by atomic mass is 10.1. The summed E-state index contributed by atoms with van der Waals surface area (Å²) in [5, 5.41) is 8.25. The summed E-state index contributed by atoms with van der Waals surface area (Å²) in [6, 6.07) is 62.0. The lowest BCUT2D eigenvalue weighted by Crippen LogP contribution is -2.25. The number of ether oxygens (including phenoxy) is 1. The van der Waals surface area contributed by atoms with Crippen LogP contribution in [-0.2, 0) is 4.74 Å². The predicted molar refractivity (Wildman–Crippen MR) is 191 cm³/mol. The first-order valence-corrected chi connectivity index (χ1v) is 17.6. The Balaban J connectivity index is 0.000000682. The average Bonchev–Trinajstić information content (AvgIpc) is 3.08. The van der Waals surface area contributed by atoms with Crippen molar-refractivity contribution in [3.05, 3.63) is 170 Å². The molecule has 0 fully saturated rings. The van der Waals surface area contributed by atoms with Crippen LogP contribution in [0.25, 0.3) is 11.1 Å². The summed E-state index contributed by atoms with van der Waals surface area (Å²) in [5.41, 5.74) is 2.64. The van der Waals surface area contributed by atoms with Crippen molar-refractivity contribution in [2.45, 2.75) is 13.8 Å². The van der Waals surface area contributed by atoms with Crippen LogP contribution in [0, 0.1) is 0 Å². The minimum Gasteiger partial charge on any atom is -0.382 e. The van der Waals surface area contributed by atoms with Gasteiger partial charge in [0, 0.05) is 13.2 Å². The molecule has 3 heteroatoms.